The van der Waals surface area contributed by atoms with Crippen LogP contribution in [0.25, 0.3) is 0 Å². The summed E-state index contributed by atoms with van der Waals surface area (Å²) in [6, 6.07) is 14.3. The summed E-state index contributed by atoms with van der Waals surface area (Å²) in [5.41, 5.74) is 2.54. The Balaban J connectivity index is 1.95. The fourth-order valence-electron chi connectivity index (χ4n) is 3.33. The highest BCUT2D eigenvalue weighted by Crippen LogP contribution is 2.39. The van der Waals surface area contributed by atoms with E-state index >= 15 is 0 Å². The quantitative estimate of drug-likeness (QED) is 0.751. The van der Waals surface area contributed by atoms with E-state index in [1.165, 1.54) is 4.31 Å². The molecule has 0 spiro atoms. The smallest absolute Gasteiger partial charge is 0.306 e. The van der Waals surface area contributed by atoms with Crippen LogP contribution >= 0.6 is 0 Å². The minimum absolute atomic E-state index is 0.0327. The van der Waals surface area contributed by atoms with Gasteiger partial charge in [0.2, 0.25) is 0 Å². The molecule has 1 heterocycles. The lowest BCUT2D eigenvalue weighted by Gasteiger charge is -2.34. The molecule has 1 aliphatic heterocycles. The van der Waals surface area contributed by atoms with Gasteiger partial charge in [0.25, 0.3) is 10.0 Å². The standard InChI is InChI=1S/C20H23NO4S/c1-3-25-20(22)14-16-12-13-21(19-7-5-4-6-18(16)19)26(23,24)17-10-8-15(2)9-11-17/h4-11,16H,3,12-14H2,1-2H3. The molecule has 2 aromatic carbocycles. The Hall–Kier alpha value is -2.34. The van der Waals surface area contributed by atoms with Gasteiger partial charge in [0.1, 0.15) is 0 Å². The number of esters is 1. The molecule has 0 saturated heterocycles. The lowest BCUT2D eigenvalue weighted by molar-refractivity contribution is -0.143. The molecule has 0 saturated carbocycles. The summed E-state index contributed by atoms with van der Waals surface area (Å²) in [5.74, 6) is -0.281. The van der Waals surface area contributed by atoms with E-state index in [2.05, 4.69) is 0 Å². The first kappa shape index (κ1) is 18.5. The fraction of sp³-hybridized carbons (Fsp3) is 0.350. The number of nitrogens with zero attached hydrogens (tertiary/aromatic N) is 1. The van der Waals surface area contributed by atoms with E-state index < -0.39 is 10.0 Å². The van der Waals surface area contributed by atoms with Gasteiger partial charge >= 0.3 is 5.97 Å². The minimum atomic E-state index is -3.64. The van der Waals surface area contributed by atoms with Gasteiger partial charge in [-0.3, -0.25) is 9.10 Å². The number of sulfonamides is 1. The molecule has 0 aliphatic carbocycles. The summed E-state index contributed by atoms with van der Waals surface area (Å²) in [7, 11) is -3.64. The second kappa shape index (κ2) is 7.50. The number of rotatable bonds is 5. The lowest BCUT2D eigenvalue weighted by Crippen LogP contribution is -2.37. The van der Waals surface area contributed by atoms with Crippen LogP contribution in [0.5, 0.6) is 0 Å². The maximum atomic E-state index is 13.1. The zero-order valence-electron chi connectivity index (χ0n) is 15.0. The molecule has 2 aromatic rings. The van der Waals surface area contributed by atoms with Crippen molar-refractivity contribution in [3.63, 3.8) is 0 Å². The first-order valence-electron chi connectivity index (χ1n) is 8.77. The highest BCUT2D eigenvalue weighted by molar-refractivity contribution is 7.92. The summed E-state index contributed by atoms with van der Waals surface area (Å²) in [5, 5.41) is 0. The van der Waals surface area contributed by atoms with Gasteiger partial charge in [-0.1, -0.05) is 35.9 Å². The third-order valence-electron chi connectivity index (χ3n) is 4.65. The maximum Gasteiger partial charge on any atom is 0.306 e. The van der Waals surface area contributed by atoms with Crippen LogP contribution in [-0.4, -0.2) is 27.5 Å². The Kier molecular flexibility index (Phi) is 5.32. The van der Waals surface area contributed by atoms with Gasteiger partial charge < -0.3 is 4.74 Å². The molecule has 0 amide bonds. The molecule has 0 bridgehead atoms. The molecule has 0 N–H and O–H groups in total. The molecule has 0 fully saturated rings. The minimum Gasteiger partial charge on any atom is -0.466 e. The second-order valence-corrected chi connectivity index (χ2v) is 8.31. The van der Waals surface area contributed by atoms with Crippen molar-refractivity contribution in [3.05, 3.63) is 59.7 Å². The van der Waals surface area contributed by atoms with E-state index in [1.807, 2.05) is 25.1 Å². The van der Waals surface area contributed by atoms with E-state index in [0.717, 1.165) is 11.1 Å². The van der Waals surface area contributed by atoms with Crippen LogP contribution in [0.15, 0.2) is 53.4 Å². The molecular weight excluding hydrogens is 350 g/mol. The Labute approximate surface area is 154 Å². The fourth-order valence-corrected chi connectivity index (χ4v) is 4.83. The van der Waals surface area contributed by atoms with Crippen LogP contribution in [0, 0.1) is 6.92 Å². The third-order valence-corrected chi connectivity index (χ3v) is 6.48. The molecule has 0 aromatic heterocycles. The van der Waals surface area contributed by atoms with Gasteiger partial charge in [-0.25, -0.2) is 8.42 Å². The number of anilines is 1. The monoisotopic (exact) mass is 373 g/mol. The van der Waals surface area contributed by atoms with E-state index in [0.29, 0.717) is 25.3 Å². The lowest BCUT2D eigenvalue weighted by atomic mass is 9.88. The summed E-state index contributed by atoms with van der Waals surface area (Å²) in [6.45, 7) is 4.40. The topological polar surface area (TPSA) is 63.7 Å². The van der Waals surface area contributed by atoms with Crippen LogP contribution in [-0.2, 0) is 19.6 Å². The first-order valence-corrected chi connectivity index (χ1v) is 10.2. The van der Waals surface area contributed by atoms with E-state index in [9.17, 15) is 13.2 Å². The zero-order valence-corrected chi connectivity index (χ0v) is 15.8. The molecule has 26 heavy (non-hydrogen) atoms. The molecule has 6 heteroatoms. The van der Waals surface area contributed by atoms with Crippen LogP contribution in [0.3, 0.4) is 0 Å². The maximum absolute atomic E-state index is 13.1. The average molecular weight is 373 g/mol. The molecule has 1 aliphatic rings. The van der Waals surface area contributed by atoms with Gasteiger partial charge in [-0.05, 0) is 49.9 Å². The highest BCUT2D eigenvalue weighted by atomic mass is 32.2. The number of carbonyl (C=O) groups is 1. The second-order valence-electron chi connectivity index (χ2n) is 6.44. The third kappa shape index (κ3) is 3.60. The number of aryl methyl sites for hydroxylation is 1. The van der Waals surface area contributed by atoms with Gasteiger partial charge in [0.05, 0.1) is 23.6 Å². The van der Waals surface area contributed by atoms with Crippen molar-refractivity contribution in [2.45, 2.75) is 37.5 Å². The molecule has 3 rings (SSSR count). The van der Waals surface area contributed by atoms with Crippen molar-refractivity contribution in [3.8, 4) is 0 Å². The van der Waals surface area contributed by atoms with Crippen molar-refractivity contribution in [2.24, 2.45) is 0 Å². The number of para-hydroxylation sites is 1. The summed E-state index contributed by atoms with van der Waals surface area (Å²) in [4.78, 5) is 12.2. The number of hydrogen-bond donors (Lipinski definition) is 0. The normalized spacial score (nSPS) is 16.8. The number of benzene rings is 2. The van der Waals surface area contributed by atoms with Crippen molar-refractivity contribution < 1.29 is 17.9 Å². The molecular formula is C20H23NO4S. The van der Waals surface area contributed by atoms with Crippen molar-refractivity contribution in [1.82, 2.24) is 0 Å². The summed E-state index contributed by atoms with van der Waals surface area (Å²) < 4.78 is 32.8. The van der Waals surface area contributed by atoms with Gasteiger partial charge in [-0.15, -0.1) is 0 Å². The van der Waals surface area contributed by atoms with Crippen LogP contribution < -0.4 is 4.31 Å². The van der Waals surface area contributed by atoms with Crippen LogP contribution in [0.4, 0.5) is 5.69 Å². The van der Waals surface area contributed by atoms with Crippen molar-refractivity contribution in [1.29, 1.82) is 0 Å². The predicted molar refractivity (Wildman–Crippen MR) is 101 cm³/mol. The molecule has 1 atom stereocenters. The molecule has 5 nitrogen and oxygen atoms in total. The predicted octanol–water partition coefficient (Wildman–Crippen LogP) is 3.63. The molecule has 138 valence electrons. The van der Waals surface area contributed by atoms with E-state index in [1.54, 1.807) is 37.3 Å². The number of hydrogen-bond acceptors (Lipinski definition) is 4. The van der Waals surface area contributed by atoms with Gasteiger partial charge in [0, 0.05) is 6.54 Å². The summed E-state index contributed by atoms with van der Waals surface area (Å²) in [6.07, 6.45) is 0.851. The van der Waals surface area contributed by atoms with E-state index in [-0.39, 0.29) is 23.2 Å². The molecule has 1 unspecified atom stereocenters. The zero-order chi connectivity index (χ0) is 18.7. The van der Waals surface area contributed by atoms with Crippen molar-refractivity contribution in [2.75, 3.05) is 17.5 Å². The molecule has 0 radical (unpaired) electrons. The largest absolute Gasteiger partial charge is 0.466 e. The highest BCUT2D eigenvalue weighted by Gasteiger charge is 2.33. The Morgan fingerprint density at radius 2 is 1.85 bits per heavy atom. The Morgan fingerprint density at radius 3 is 2.54 bits per heavy atom. The SMILES string of the molecule is CCOC(=O)CC1CCN(S(=O)(=O)c2ccc(C)cc2)c2ccccc21. The van der Waals surface area contributed by atoms with Crippen LogP contribution in [0.2, 0.25) is 0 Å². The first-order chi connectivity index (χ1) is 12.4. The Bertz CT molecular complexity index is 890. The van der Waals surface area contributed by atoms with Gasteiger partial charge in [-0.2, -0.15) is 0 Å². The summed E-state index contributed by atoms with van der Waals surface area (Å²) >= 11 is 0. The number of fused-ring (bicyclic) bond motifs is 1. The Morgan fingerprint density at radius 1 is 1.15 bits per heavy atom. The van der Waals surface area contributed by atoms with Crippen LogP contribution in [0.1, 0.15) is 36.8 Å². The van der Waals surface area contributed by atoms with Gasteiger partial charge in [0.15, 0.2) is 0 Å². The van der Waals surface area contributed by atoms with E-state index in [4.69, 9.17) is 4.74 Å². The average Bonchev–Trinajstić information content (AvgIpc) is 2.62. The number of carbonyl (C=O) groups excluding carboxylic acids is 1. The van der Waals surface area contributed by atoms with Crippen molar-refractivity contribution >= 4 is 21.7 Å². The number of ether oxygens (including phenoxy) is 1.